The van der Waals surface area contributed by atoms with Crippen molar-refractivity contribution < 1.29 is 17.9 Å². The van der Waals surface area contributed by atoms with Gasteiger partial charge in [-0.15, -0.1) is 0 Å². The molecule has 2 rings (SSSR count). The first-order valence-electron chi connectivity index (χ1n) is 7.72. The molecular formula is C16H24N2O4S. The number of piperazine rings is 1. The molecule has 1 aromatic carbocycles. The van der Waals surface area contributed by atoms with Crippen LogP contribution in [0.15, 0.2) is 23.1 Å². The van der Waals surface area contributed by atoms with Crippen LogP contribution in [-0.2, 0) is 9.84 Å². The van der Waals surface area contributed by atoms with Crippen molar-refractivity contribution in [2.45, 2.75) is 37.8 Å². The molecule has 0 aliphatic carbocycles. The van der Waals surface area contributed by atoms with E-state index in [2.05, 4.69) is 5.32 Å². The summed E-state index contributed by atoms with van der Waals surface area (Å²) >= 11 is 0. The van der Waals surface area contributed by atoms with Crippen LogP contribution < -0.4 is 10.1 Å². The molecule has 1 aromatic rings. The lowest BCUT2D eigenvalue weighted by Gasteiger charge is -2.32. The summed E-state index contributed by atoms with van der Waals surface area (Å²) < 4.78 is 29.3. The Bertz CT molecular complexity index is 685. The zero-order chi connectivity index (χ0) is 17.2. The summed E-state index contributed by atoms with van der Waals surface area (Å²) in [6, 6.07) is 4.67. The number of carbonyl (C=O) groups excluding carboxylic acids is 1. The molecule has 1 amide bonds. The first-order valence-corrected chi connectivity index (χ1v) is 9.61. The summed E-state index contributed by atoms with van der Waals surface area (Å²) in [5.74, 6) is 0.225. The predicted octanol–water partition coefficient (Wildman–Crippen LogP) is 1.31. The lowest BCUT2D eigenvalue weighted by atomic mass is 10.1. The summed E-state index contributed by atoms with van der Waals surface area (Å²) in [5.41, 5.74) is 0.302. The van der Waals surface area contributed by atoms with E-state index in [1.165, 1.54) is 12.1 Å². The Labute approximate surface area is 137 Å². The van der Waals surface area contributed by atoms with E-state index in [9.17, 15) is 13.2 Å². The molecule has 1 saturated heterocycles. The van der Waals surface area contributed by atoms with Gasteiger partial charge in [-0.25, -0.2) is 8.42 Å². The first kappa shape index (κ1) is 17.7. The second-order valence-corrected chi connectivity index (χ2v) is 8.22. The van der Waals surface area contributed by atoms with Gasteiger partial charge in [-0.2, -0.15) is 0 Å². The molecule has 7 heteroatoms. The van der Waals surface area contributed by atoms with Crippen molar-refractivity contribution in [2.75, 3.05) is 25.9 Å². The van der Waals surface area contributed by atoms with Crippen LogP contribution in [0.25, 0.3) is 0 Å². The standard InChI is InChI=1S/C16H24N2O4S/c1-11(2)22-15-6-5-13(23(4,20)21)9-14(15)16(19)18-8-7-17-12(3)10-18/h5-6,9,11-12,17H,7-8,10H2,1-4H3/t12-/m1/s1. The van der Waals surface area contributed by atoms with Crippen LogP contribution in [0.5, 0.6) is 5.75 Å². The van der Waals surface area contributed by atoms with Gasteiger partial charge in [0.05, 0.1) is 16.6 Å². The van der Waals surface area contributed by atoms with Crippen LogP contribution in [0.2, 0.25) is 0 Å². The quantitative estimate of drug-likeness (QED) is 0.894. The molecule has 0 radical (unpaired) electrons. The minimum Gasteiger partial charge on any atom is -0.490 e. The van der Waals surface area contributed by atoms with E-state index in [0.29, 0.717) is 24.4 Å². The molecule has 1 fully saturated rings. The summed E-state index contributed by atoms with van der Waals surface area (Å²) in [6.07, 6.45) is 1.03. The Hall–Kier alpha value is -1.60. The summed E-state index contributed by atoms with van der Waals surface area (Å²) in [4.78, 5) is 14.7. The van der Waals surface area contributed by atoms with Gasteiger partial charge in [-0.1, -0.05) is 0 Å². The number of ether oxygens (including phenoxy) is 1. The topological polar surface area (TPSA) is 75.7 Å². The average molecular weight is 340 g/mol. The fraction of sp³-hybridized carbons (Fsp3) is 0.562. The lowest BCUT2D eigenvalue weighted by Crippen LogP contribution is -2.51. The van der Waals surface area contributed by atoms with Crippen molar-refractivity contribution in [3.63, 3.8) is 0 Å². The third-order valence-corrected chi connectivity index (χ3v) is 4.74. The van der Waals surface area contributed by atoms with Crippen LogP contribution in [0, 0.1) is 0 Å². The van der Waals surface area contributed by atoms with E-state index < -0.39 is 9.84 Å². The van der Waals surface area contributed by atoms with E-state index in [1.54, 1.807) is 11.0 Å². The Morgan fingerprint density at radius 2 is 2.09 bits per heavy atom. The molecule has 1 heterocycles. The van der Waals surface area contributed by atoms with Gasteiger partial charge in [0, 0.05) is 31.9 Å². The first-order chi connectivity index (χ1) is 10.7. The average Bonchev–Trinajstić information content (AvgIpc) is 2.45. The van der Waals surface area contributed by atoms with Crippen LogP contribution in [0.3, 0.4) is 0 Å². The van der Waals surface area contributed by atoms with Gasteiger partial charge in [0.1, 0.15) is 5.75 Å². The van der Waals surface area contributed by atoms with Crippen LogP contribution in [-0.4, -0.2) is 57.3 Å². The van der Waals surface area contributed by atoms with Gasteiger partial charge in [0.25, 0.3) is 5.91 Å². The molecule has 6 nitrogen and oxygen atoms in total. The monoisotopic (exact) mass is 340 g/mol. The molecule has 1 aliphatic heterocycles. The van der Waals surface area contributed by atoms with E-state index >= 15 is 0 Å². The third-order valence-electron chi connectivity index (χ3n) is 3.63. The highest BCUT2D eigenvalue weighted by Gasteiger charge is 2.25. The Morgan fingerprint density at radius 3 is 2.65 bits per heavy atom. The highest BCUT2D eigenvalue weighted by Crippen LogP contribution is 2.25. The van der Waals surface area contributed by atoms with Crippen molar-refractivity contribution in [2.24, 2.45) is 0 Å². The van der Waals surface area contributed by atoms with Gasteiger partial charge in [0.2, 0.25) is 0 Å². The molecule has 0 bridgehead atoms. The van der Waals surface area contributed by atoms with Crippen LogP contribution >= 0.6 is 0 Å². The maximum Gasteiger partial charge on any atom is 0.257 e. The molecule has 128 valence electrons. The van der Waals surface area contributed by atoms with Crippen molar-refractivity contribution in [1.82, 2.24) is 10.2 Å². The molecule has 0 aromatic heterocycles. The summed E-state index contributed by atoms with van der Waals surface area (Å²) in [7, 11) is -3.38. The normalized spacial score (nSPS) is 19.0. The number of nitrogens with zero attached hydrogens (tertiary/aromatic N) is 1. The molecular weight excluding hydrogens is 316 g/mol. The molecule has 0 saturated carbocycles. The Morgan fingerprint density at radius 1 is 1.39 bits per heavy atom. The molecule has 1 atom stereocenters. The van der Waals surface area contributed by atoms with Gasteiger partial charge in [-0.05, 0) is 39.0 Å². The van der Waals surface area contributed by atoms with E-state index in [4.69, 9.17) is 4.74 Å². The molecule has 1 N–H and O–H groups in total. The maximum atomic E-state index is 12.9. The third kappa shape index (κ3) is 4.45. The van der Waals surface area contributed by atoms with E-state index in [0.717, 1.165) is 12.8 Å². The highest BCUT2D eigenvalue weighted by atomic mass is 32.2. The number of rotatable bonds is 4. The van der Waals surface area contributed by atoms with Gasteiger partial charge >= 0.3 is 0 Å². The number of sulfone groups is 1. The smallest absolute Gasteiger partial charge is 0.257 e. The summed E-state index contributed by atoms with van der Waals surface area (Å²) in [6.45, 7) is 7.64. The molecule has 23 heavy (non-hydrogen) atoms. The minimum atomic E-state index is -3.38. The van der Waals surface area contributed by atoms with Crippen LogP contribution in [0.1, 0.15) is 31.1 Å². The van der Waals surface area contributed by atoms with Gasteiger partial charge in [0.15, 0.2) is 9.84 Å². The number of hydrogen-bond donors (Lipinski definition) is 1. The lowest BCUT2D eigenvalue weighted by molar-refractivity contribution is 0.0702. The zero-order valence-corrected chi connectivity index (χ0v) is 14.8. The fourth-order valence-corrected chi connectivity index (χ4v) is 3.20. The second kappa shape index (κ2) is 6.88. The maximum absolute atomic E-state index is 12.9. The fourth-order valence-electron chi connectivity index (χ4n) is 2.55. The largest absolute Gasteiger partial charge is 0.490 e. The van der Waals surface area contributed by atoms with Crippen molar-refractivity contribution in [3.05, 3.63) is 23.8 Å². The Balaban J connectivity index is 2.41. The molecule has 1 aliphatic rings. The minimum absolute atomic E-state index is 0.104. The number of nitrogens with one attached hydrogen (secondary N) is 1. The van der Waals surface area contributed by atoms with Crippen molar-refractivity contribution in [1.29, 1.82) is 0 Å². The number of carbonyl (C=O) groups is 1. The number of amides is 1. The predicted molar refractivity (Wildman–Crippen MR) is 88.7 cm³/mol. The number of hydrogen-bond acceptors (Lipinski definition) is 5. The van der Waals surface area contributed by atoms with Crippen molar-refractivity contribution >= 4 is 15.7 Å². The molecule has 0 spiro atoms. The van der Waals surface area contributed by atoms with Gasteiger partial charge in [-0.3, -0.25) is 4.79 Å². The zero-order valence-electron chi connectivity index (χ0n) is 14.0. The van der Waals surface area contributed by atoms with E-state index in [1.807, 2.05) is 20.8 Å². The van der Waals surface area contributed by atoms with Crippen LogP contribution in [0.4, 0.5) is 0 Å². The molecule has 0 unspecified atom stereocenters. The van der Waals surface area contributed by atoms with Crippen molar-refractivity contribution in [3.8, 4) is 5.75 Å². The second-order valence-electron chi connectivity index (χ2n) is 6.20. The Kier molecular flexibility index (Phi) is 5.31. The number of benzene rings is 1. The summed E-state index contributed by atoms with van der Waals surface area (Å²) in [5, 5.41) is 3.28. The SMILES string of the molecule is CC(C)Oc1ccc(S(C)(=O)=O)cc1C(=O)N1CCN[C@H](C)C1. The van der Waals surface area contributed by atoms with Gasteiger partial charge < -0.3 is 15.0 Å². The highest BCUT2D eigenvalue weighted by molar-refractivity contribution is 7.90. The van der Waals surface area contributed by atoms with E-state index in [-0.39, 0.29) is 22.9 Å².